The number of benzene rings is 1. The SMILES string of the molecule is CCS(=O)(=O)N1CCC(c2c[nH]c3c(C(N)=O)cc(-c4csc(CN(C)C)c4)cc23)CC1.O=C(O)C(F)(F)F. The predicted molar refractivity (Wildman–Crippen MR) is 144 cm³/mol. The molecule has 0 bridgehead atoms. The Bertz CT molecular complexity index is 1440. The molecule has 3 heterocycles. The van der Waals surface area contributed by atoms with Crippen molar-refractivity contribution in [3.05, 3.63) is 45.8 Å². The lowest BCUT2D eigenvalue weighted by atomic mass is 9.88. The van der Waals surface area contributed by atoms with Gasteiger partial charge in [0.2, 0.25) is 10.0 Å². The average Bonchev–Trinajstić information content (AvgIpc) is 3.50. The molecule has 4 N–H and O–H groups in total. The first-order valence-electron chi connectivity index (χ1n) is 12.1. The van der Waals surface area contributed by atoms with Crippen LogP contribution in [0.15, 0.2) is 29.8 Å². The van der Waals surface area contributed by atoms with E-state index < -0.39 is 28.1 Å². The number of hydrogen-bond donors (Lipinski definition) is 3. The largest absolute Gasteiger partial charge is 0.490 e. The Morgan fingerprint density at radius 2 is 1.79 bits per heavy atom. The lowest BCUT2D eigenvalue weighted by molar-refractivity contribution is -0.192. The van der Waals surface area contributed by atoms with Gasteiger partial charge in [0.05, 0.1) is 16.8 Å². The number of nitrogens with one attached hydrogen (secondary N) is 1. The first-order chi connectivity index (χ1) is 18.1. The van der Waals surface area contributed by atoms with E-state index in [2.05, 4.69) is 27.4 Å². The number of hydrogen-bond acceptors (Lipinski definition) is 6. The molecule has 4 rings (SSSR count). The summed E-state index contributed by atoms with van der Waals surface area (Å²) in [5, 5.41) is 10.2. The number of aromatic amines is 1. The number of rotatable bonds is 7. The van der Waals surface area contributed by atoms with Crippen LogP contribution < -0.4 is 5.73 Å². The maximum absolute atomic E-state index is 12.2. The normalized spacial score (nSPS) is 15.4. The highest BCUT2D eigenvalue weighted by molar-refractivity contribution is 7.89. The summed E-state index contributed by atoms with van der Waals surface area (Å²) in [6, 6.07) is 6.16. The van der Waals surface area contributed by atoms with E-state index in [1.54, 1.807) is 22.6 Å². The highest BCUT2D eigenvalue weighted by atomic mass is 32.2. The van der Waals surface area contributed by atoms with E-state index in [0.717, 1.165) is 47.0 Å². The van der Waals surface area contributed by atoms with Crippen molar-refractivity contribution in [2.24, 2.45) is 5.73 Å². The molecule has 1 fully saturated rings. The molecule has 9 nitrogen and oxygen atoms in total. The van der Waals surface area contributed by atoms with E-state index in [1.807, 2.05) is 26.4 Å². The smallest absolute Gasteiger partial charge is 0.475 e. The maximum atomic E-state index is 12.2. The number of carbonyl (C=O) groups excluding carboxylic acids is 1. The van der Waals surface area contributed by atoms with Crippen molar-refractivity contribution in [2.45, 2.75) is 38.4 Å². The third-order valence-corrected chi connectivity index (χ3v) is 9.24. The number of thiophene rings is 1. The molecule has 2 aromatic heterocycles. The number of carboxylic acids is 1. The molecular formula is C25H31F3N4O5S2. The summed E-state index contributed by atoms with van der Waals surface area (Å²) in [4.78, 5) is 27.8. The van der Waals surface area contributed by atoms with Gasteiger partial charge >= 0.3 is 12.1 Å². The van der Waals surface area contributed by atoms with Crippen LogP contribution in [-0.4, -0.2) is 78.7 Å². The minimum Gasteiger partial charge on any atom is -0.475 e. The molecule has 1 amide bonds. The molecule has 0 aliphatic carbocycles. The second-order valence-electron chi connectivity index (χ2n) is 9.47. The molecule has 0 radical (unpaired) electrons. The molecule has 39 heavy (non-hydrogen) atoms. The number of carbonyl (C=O) groups is 2. The monoisotopic (exact) mass is 588 g/mol. The number of halogens is 3. The van der Waals surface area contributed by atoms with Crippen molar-refractivity contribution in [3.63, 3.8) is 0 Å². The van der Waals surface area contributed by atoms with E-state index in [-0.39, 0.29) is 11.7 Å². The number of aliphatic carboxylic acids is 1. The zero-order valence-electron chi connectivity index (χ0n) is 21.7. The molecule has 0 atom stereocenters. The van der Waals surface area contributed by atoms with Crippen molar-refractivity contribution in [3.8, 4) is 11.1 Å². The van der Waals surface area contributed by atoms with Crippen LogP contribution in [0.25, 0.3) is 22.0 Å². The Labute approximate surface area is 228 Å². The van der Waals surface area contributed by atoms with Crippen molar-refractivity contribution >= 4 is 44.1 Å². The predicted octanol–water partition coefficient (Wildman–Crippen LogP) is 4.22. The number of fused-ring (bicyclic) bond motifs is 1. The number of carboxylic acid groups (broad SMARTS) is 1. The number of primary amides is 1. The number of nitrogens with two attached hydrogens (primary N) is 1. The number of piperidine rings is 1. The topological polar surface area (TPSA) is 137 Å². The van der Waals surface area contributed by atoms with Crippen LogP contribution >= 0.6 is 11.3 Å². The average molecular weight is 589 g/mol. The van der Waals surface area contributed by atoms with Gasteiger partial charge in [0.15, 0.2) is 0 Å². The van der Waals surface area contributed by atoms with E-state index in [0.29, 0.717) is 18.7 Å². The Hall–Kier alpha value is -2.94. The number of alkyl halides is 3. The number of nitrogens with zero attached hydrogens (tertiary/aromatic N) is 2. The fourth-order valence-corrected chi connectivity index (χ4v) is 6.65. The standard InChI is InChI=1S/C23H30N4O3S2.C2HF3O2/c1-4-32(29,30)27-7-5-15(6-8-27)21-12-25-22-19(21)10-16(11-20(22)23(24)28)17-9-18(31-14-17)13-26(2)3;3-2(4,5)1(6)7/h9-12,14-15,25H,4-8,13H2,1-3H3,(H2,24,28);(H,6,7). The summed E-state index contributed by atoms with van der Waals surface area (Å²) in [5.74, 6) is -2.85. The zero-order valence-corrected chi connectivity index (χ0v) is 23.3. The summed E-state index contributed by atoms with van der Waals surface area (Å²) in [5.41, 5.74) is 10.1. The number of amides is 1. The van der Waals surface area contributed by atoms with Crippen LogP contribution in [0.2, 0.25) is 0 Å². The van der Waals surface area contributed by atoms with Crippen molar-refractivity contribution < 1.29 is 36.3 Å². The van der Waals surface area contributed by atoms with Crippen LogP contribution in [0.4, 0.5) is 13.2 Å². The van der Waals surface area contributed by atoms with E-state index >= 15 is 0 Å². The minimum atomic E-state index is -5.08. The summed E-state index contributed by atoms with van der Waals surface area (Å²) in [6.07, 6.45) is -1.61. The Morgan fingerprint density at radius 3 is 2.31 bits per heavy atom. The van der Waals surface area contributed by atoms with Gasteiger partial charge in [-0.25, -0.2) is 17.5 Å². The first kappa shape index (κ1) is 30.6. The molecule has 0 unspecified atom stereocenters. The van der Waals surface area contributed by atoms with Crippen LogP contribution in [0.3, 0.4) is 0 Å². The van der Waals surface area contributed by atoms with Crippen LogP contribution in [-0.2, 0) is 21.4 Å². The third kappa shape index (κ3) is 7.38. The molecule has 1 aromatic carbocycles. The van der Waals surface area contributed by atoms with Crippen molar-refractivity contribution in [1.82, 2.24) is 14.2 Å². The van der Waals surface area contributed by atoms with Gasteiger partial charge in [-0.05, 0) is 80.0 Å². The second kappa shape index (κ2) is 12.1. The fraction of sp³-hybridized carbons (Fsp3) is 0.440. The Morgan fingerprint density at radius 1 is 1.18 bits per heavy atom. The quantitative estimate of drug-likeness (QED) is 0.378. The number of aromatic nitrogens is 1. The lowest BCUT2D eigenvalue weighted by Crippen LogP contribution is -2.38. The molecule has 0 saturated carbocycles. The van der Waals surface area contributed by atoms with E-state index in [1.165, 1.54) is 4.88 Å². The summed E-state index contributed by atoms with van der Waals surface area (Å²) in [7, 11) is 0.922. The molecule has 1 aliphatic heterocycles. The van der Waals surface area contributed by atoms with Crippen molar-refractivity contribution in [1.29, 1.82) is 0 Å². The van der Waals surface area contributed by atoms with Gasteiger partial charge in [0, 0.05) is 36.1 Å². The minimum absolute atomic E-state index is 0.131. The van der Waals surface area contributed by atoms with Gasteiger partial charge in [0.25, 0.3) is 5.91 Å². The van der Waals surface area contributed by atoms with Crippen LogP contribution in [0, 0.1) is 0 Å². The van der Waals surface area contributed by atoms with Gasteiger partial charge in [0.1, 0.15) is 0 Å². The highest BCUT2D eigenvalue weighted by Crippen LogP contribution is 2.38. The fourth-order valence-electron chi connectivity index (χ4n) is 4.51. The molecule has 3 aromatic rings. The number of H-pyrrole nitrogens is 1. The Balaban J connectivity index is 0.000000532. The number of sulfonamides is 1. The molecular weight excluding hydrogens is 557 g/mol. The summed E-state index contributed by atoms with van der Waals surface area (Å²) in [6.45, 7) is 3.59. The zero-order chi connectivity index (χ0) is 29.1. The van der Waals surface area contributed by atoms with Gasteiger partial charge < -0.3 is 20.7 Å². The van der Waals surface area contributed by atoms with Gasteiger partial charge in [-0.2, -0.15) is 13.2 Å². The van der Waals surface area contributed by atoms with Gasteiger partial charge in [-0.15, -0.1) is 11.3 Å². The van der Waals surface area contributed by atoms with Crippen molar-refractivity contribution in [2.75, 3.05) is 32.9 Å². The molecule has 1 saturated heterocycles. The van der Waals surface area contributed by atoms with Gasteiger partial charge in [-0.1, -0.05) is 0 Å². The van der Waals surface area contributed by atoms with E-state index in [9.17, 15) is 26.4 Å². The molecule has 0 spiro atoms. The third-order valence-electron chi connectivity index (χ3n) is 6.44. The van der Waals surface area contributed by atoms with E-state index in [4.69, 9.17) is 15.6 Å². The summed E-state index contributed by atoms with van der Waals surface area (Å²) >= 11 is 1.70. The second-order valence-corrected chi connectivity index (χ2v) is 12.7. The summed E-state index contributed by atoms with van der Waals surface area (Å²) < 4.78 is 57.8. The lowest BCUT2D eigenvalue weighted by Gasteiger charge is -2.31. The highest BCUT2D eigenvalue weighted by Gasteiger charge is 2.38. The molecule has 14 heteroatoms. The molecule has 214 valence electrons. The Kier molecular flexibility index (Phi) is 9.47. The molecule has 1 aliphatic rings. The first-order valence-corrected chi connectivity index (χ1v) is 14.6. The van der Waals surface area contributed by atoms with Crippen LogP contribution in [0.1, 0.15) is 46.5 Å². The van der Waals surface area contributed by atoms with Gasteiger partial charge in [-0.3, -0.25) is 4.79 Å². The maximum Gasteiger partial charge on any atom is 0.490 e. The van der Waals surface area contributed by atoms with Crippen LogP contribution in [0.5, 0.6) is 0 Å².